The van der Waals surface area contributed by atoms with Crippen molar-refractivity contribution in [3.63, 3.8) is 0 Å². The molecule has 1 radical (unpaired) electrons. The molecule has 0 bridgehead atoms. The molecule has 0 N–H and O–H groups in total. The molecule has 2 aromatic rings. The predicted octanol–water partition coefficient (Wildman–Crippen LogP) is 3.80. The molecule has 0 aromatic heterocycles. The summed E-state index contributed by atoms with van der Waals surface area (Å²) in [7, 11) is 0. The van der Waals surface area contributed by atoms with Gasteiger partial charge in [-0.05, 0) is 41.5 Å². The highest BCUT2D eigenvalue weighted by atomic mass is 14.3. The first-order chi connectivity index (χ1) is 6.93. The first-order valence-electron chi connectivity index (χ1n) is 5.26. The number of benzene rings is 2. The molecule has 3 rings (SSSR count). The molecule has 0 saturated heterocycles. The molecule has 0 heterocycles. The fourth-order valence-electron chi connectivity index (χ4n) is 1.91. The van der Waals surface area contributed by atoms with E-state index in [4.69, 9.17) is 0 Å². The van der Waals surface area contributed by atoms with Crippen molar-refractivity contribution < 1.29 is 0 Å². The molecule has 0 heteroatoms. The van der Waals surface area contributed by atoms with Crippen LogP contribution in [0.25, 0.3) is 10.8 Å². The van der Waals surface area contributed by atoms with Gasteiger partial charge in [0.15, 0.2) is 0 Å². The molecule has 1 fully saturated rings. The minimum atomic E-state index is 0.848. The Morgan fingerprint density at radius 2 is 1.71 bits per heavy atom. The lowest BCUT2D eigenvalue weighted by Crippen LogP contribution is -1.85. The molecule has 2 aromatic carbocycles. The minimum Gasteiger partial charge on any atom is -0.0616 e. The SMILES string of the molecule is [CH](c1cccc2ccccc12)C1CC1. The van der Waals surface area contributed by atoms with Crippen LogP contribution >= 0.6 is 0 Å². The standard InChI is InChI=1S/C14H13/c1-2-7-14-12(4-1)5-3-6-13(14)10-11-8-9-11/h1-7,10-11H,8-9H2. The molecule has 1 saturated carbocycles. The number of hydrogen-bond donors (Lipinski definition) is 0. The molecule has 0 aliphatic heterocycles. The van der Waals surface area contributed by atoms with Crippen LogP contribution in [-0.2, 0) is 0 Å². The Kier molecular flexibility index (Phi) is 1.80. The lowest BCUT2D eigenvalue weighted by Gasteiger charge is -2.04. The number of fused-ring (bicyclic) bond motifs is 1. The Morgan fingerprint density at radius 1 is 0.929 bits per heavy atom. The van der Waals surface area contributed by atoms with E-state index in [0.717, 1.165) is 5.92 Å². The molecule has 0 unspecified atom stereocenters. The molecule has 0 spiro atoms. The Labute approximate surface area is 84.6 Å². The Bertz CT molecular complexity index is 447. The van der Waals surface area contributed by atoms with Gasteiger partial charge in [-0.1, -0.05) is 42.5 Å². The smallest absolute Gasteiger partial charge is 0.00557 e. The first-order valence-corrected chi connectivity index (χ1v) is 5.26. The average Bonchev–Trinajstić information content (AvgIpc) is 3.03. The highest BCUT2D eigenvalue weighted by Crippen LogP contribution is 2.36. The quantitative estimate of drug-likeness (QED) is 0.661. The molecule has 0 nitrogen and oxygen atoms in total. The van der Waals surface area contributed by atoms with Crippen LogP contribution in [0.1, 0.15) is 18.4 Å². The summed E-state index contributed by atoms with van der Waals surface area (Å²) < 4.78 is 0. The van der Waals surface area contributed by atoms with E-state index < -0.39 is 0 Å². The van der Waals surface area contributed by atoms with E-state index in [2.05, 4.69) is 48.9 Å². The van der Waals surface area contributed by atoms with Crippen LogP contribution < -0.4 is 0 Å². The average molecular weight is 181 g/mol. The lowest BCUT2D eigenvalue weighted by atomic mass is 10.0. The fraction of sp³-hybridized carbons (Fsp3) is 0.214. The van der Waals surface area contributed by atoms with Crippen LogP contribution in [0.3, 0.4) is 0 Å². The van der Waals surface area contributed by atoms with Gasteiger partial charge in [0.25, 0.3) is 0 Å². The largest absolute Gasteiger partial charge is 0.0616 e. The van der Waals surface area contributed by atoms with Crippen molar-refractivity contribution >= 4 is 10.8 Å². The summed E-state index contributed by atoms with van der Waals surface area (Å²) in [5, 5.41) is 2.74. The van der Waals surface area contributed by atoms with Crippen LogP contribution in [0.5, 0.6) is 0 Å². The van der Waals surface area contributed by atoms with Gasteiger partial charge in [-0.25, -0.2) is 0 Å². The Hall–Kier alpha value is -1.30. The maximum Gasteiger partial charge on any atom is -0.00557 e. The second kappa shape index (κ2) is 3.13. The third-order valence-electron chi connectivity index (χ3n) is 2.86. The van der Waals surface area contributed by atoms with E-state index in [9.17, 15) is 0 Å². The summed E-state index contributed by atoms with van der Waals surface area (Å²) in [6, 6.07) is 15.2. The van der Waals surface area contributed by atoms with E-state index in [1.54, 1.807) is 0 Å². The summed E-state index contributed by atoms with van der Waals surface area (Å²) in [4.78, 5) is 0. The van der Waals surface area contributed by atoms with Gasteiger partial charge < -0.3 is 0 Å². The van der Waals surface area contributed by atoms with Crippen molar-refractivity contribution in [2.45, 2.75) is 12.8 Å². The van der Waals surface area contributed by atoms with Gasteiger partial charge in [0.2, 0.25) is 0 Å². The molecule has 14 heavy (non-hydrogen) atoms. The summed E-state index contributed by atoms with van der Waals surface area (Å²) in [5.74, 6) is 0.848. The van der Waals surface area contributed by atoms with Crippen LogP contribution in [0, 0.1) is 12.3 Å². The lowest BCUT2D eigenvalue weighted by molar-refractivity contribution is 1.03. The summed E-state index contributed by atoms with van der Waals surface area (Å²) in [5.41, 5.74) is 1.41. The maximum absolute atomic E-state index is 2.42. The van der Waals surface area contributed by atoms with Crippen LogP contribution in [-0.4, -0.2) is 0 Å². The maximum atomic E-state index is 2.42. The van der Waals surface area contributed by atoms with E-state index in [1.165, 1.54) is 29.2 Å². The van der Waals surface area contributed by atoms with Crippen molar-refractivity contribution in [3.05, 3.63) is 54.4 Å². The van der Waals surface area contributed by atoms with Gasteiger partial charge in [0.1, 0.15) is 0 Å². The fourth-order valence-corrected chi connectivity index (χ4v) is 1.91. The molecular weight excluding hydrogens is 168 g/mol. The summed E-state index contributed by atoms with van der Waals surface area (Å²) >= 11 is 0. The van der Waals surface area contributed by atoms with Crippen LogP contribution in [0.4, 0.5) is 0 Å². The van der Waals surface area contributed by atoms with Gasteiger partial charge >= 0.3 is 0 Å². The van der Waals surface area contributed by atoms with Crippen molar-refractivity contribution in [1.29, 1.82) is 0 Å². The molecule has 0 atom stereocenters. The summed E-state index contributed by atoms with van der Waals surface area (Å²) in [6.45, 7) is 0. The molecular formula is C14H13. The van der Waals surface area contributed by atoms with Crippen LogP contribution in [0.2, 0.25) is 0 Å². The second-order valence-corrected chi connectivity index (χ2v) is 4.07. The van der Waals surface area contributed by atoms with Gasteiger partial charge in [0, 0.05) is 0 Å². The van der Waals surface area contributed by atoms with Crippen LogP contribution in [0.15, 0.2) is 42.5 Å². The third kappa shape index (κ3) is 1.41. The van der Waals surface area contributed by atoms with Crippen molar-refractivity contribution in [2.75, 3.05) is 0 Å². The number of hydrogen-bond acceptors (Lipinski definition) is 0. The number of rotatable bonds is 2. The van der Waals surface area contributed by atoms with Crippen molar-refractivity contribution in [2.24, 2.45) is 5.92 Å². The zero-order valence-corrected chi connectivity index (χ0v) is 8.11. The van der Waals surface area contributed by atoms with Gasteiger partial charge in [0.05, 0.1) is 0 Å². The Balaban J connectivity index is 2.11. The highest BCUT2D eigenvalue weighted by molar-refractivity contribution is 5.86. The normalized spacial score (nSPS) is 16.0. The van der Waals surface area contributed by atoms with E-state index in [-0.39, 0.29) is 0 Å². The zero-order valence-electron chi connectivity index (χ0n) is 8.11. The molecule has 1 aliphatic rings. The Morgan fingerprint density at radius 3 is 2.57 bits per heavy atom. The van der Waals surface area contributed by atoms with Gasteiger partial charge in [-0.15, -0.1) is 0 Å². The summed E-state index contributed by atoms with van der Waals surface area (Å²) in [6.07, 6.45) is 5.18. The van der Waals surface area contributed by atoms with E-state index >= 15 is 0 Å². The second-order valence-electron chi connectivity index (χ2n) is 4.07. The van der Waals surface area contributed by atoms with Crippen molar-refractivity contribution in [1.82, 2.24) is 0 Å². The molecule has 69 valence electrons. The highest BCUT2D eigenvalue weighted by Gasteiger charge is 2.22. The monoisotopic (exact) mass is 181 g/mol. The minimum absolute atomic E-state index is 0.848. The van der Waals surface area contributed by atoms with Crippen molar-refractivity contribution in [3.8, 4) is 0 Å². The van der Waals surface area contributed by atoms with E-state index in [1.807, 2.05) is 0 Å². The zero-order chi connectivity index (χ0) is 9.38. The molecule has 1 aliphatic carbocycles. The predicted molar refractivity (Wildman–Crippen MR) is 60.1 cm³/mol. The van der Waals surface area contributed by atoms with E-state index in [0.29, 0.717) is 0 Å². The molecule has 0 amide bonds. The third-order valence-corrected chi connectivity index (χ3v) is 2.86. The topological polar surface area (TPSA) is 0 Å². The van der Waals surface area contributed by atoms with Gasteiger partial charge in [-0.2, -0.15) is 0 Å². The first kappa shape index (κ1) is 8.05. The van der Waals surface area contributed by atoms with Gasteiger partial charge in [-0.3, -0.25) is 0 Å².